The number of nitrogens with one attached hydrogen (secondary N) is 1. The van der Waals surface area contributed by atoms with Gasteiger partial charge in [-0.25, -0.2) is 4.98 Å². The van der Waals surface area contributed by atoms with Gasteiger partial charge in [-0.05, 0) is 26.7 Å². The number of rotatable bonds is 7. The van der Waals surface area contributed by atoms with Crippen LogP contribution in [0.25, 0.3) is 0 Å². The van der Waals surface area contributed by atoms with Gasteiger partial charge in [0.1, 0.15) is 0 Å². The van der Waals surface area contributed by atoms with Crippen molar-refractivity contribution in [3.63, 3.8) is 0 Å². The van der Waals surface area contributed by atoms with Gasteiger partial charge in [0.05, 0.1) is 16.8 Å². The van der Waals surface area contributed by atoms with Crippen LogP contribution in [0.15, 0.2) is 0 Å². The molecule has 1 aromatic heterocycles. The predicted molar refractivity (Wildman–Crippen MR) is 79.2 cm³/mol. The topological polar surface area (TPSA) is 93.8 Å². The highest BCUT2D eigenvalue weighted by atomic mass is 16.2. The Morgan fingerprint density at radius 1 is 1.15 bits per heavy atom. The fourth-order valence-electron chi connectivity index (χ4n) is 2.35. The predicted octanol–water partition coefficient (Wildman–Crippen LogP) is 1.97. The third kappa shape index (κ3) is 3.72. The third-order valence-corrected chi connectivity index (χ3v) is 3.65. The second-order valence-corrected chi connectivity index (χ2v) is 5.24. The van der Waals surface area contributed by atoms with Gasteiger partial charge in [-0.1, -0.05) is 26.7 Å². The maximum atomic E-state index is 12.5. The van der Waals surface area contributed by atoms with E-state index in [1.54, 1.807) is 0 Å². The summed E-state index contributed by atoms with van der Waals surface area (Å²) < 4.78 is 0. The molecule has 112 valence electrons. The summed E-state index contributed by atoms with van der Waals surface area (Å²) in [5.41, 5.74) is 6.86. The maximum Gasteiger partial charge on any atom is 0.249 e. The number of carbonyl (C=O) groups excluding carboxylic acids is 1. The van der Waals surface area contributed by atoms with E-state index >= 15 is 0 Å². The van der Waals surface area contributed by atoms with Crippen LogP contribution in [0.1, 0.15) is 50.9 Å². The molecule has 0 saturated heterocycles. The van der Waals surface area contributed by atoms with Crippen LogP contribution in [0, 0.1) is 19.3 Å². The first-order chi connectivity index (χ1) is 9.49. The van der Waals surface area contributed by atoms with E-state index in [1.165, 1.54) is 0 Å². The normalized spacial score (nSPS) is 11.4. The lowest BCUT2D eigenvalue weighted by Crippen LogP contribution is -2.42. The minimum atomic E-state index is -0.536. The van der Waals surface area contributed by atoms with Gasteiger partial charge in [0, 0.05) is 6.54 Å². The number of hydrogen-bond donors (Lipinski definition) is 2. The summed E-state index contributed by atoms with van der Waals surface area (Å²) in [5.74, 6) is 0.150. The van der Waals surface area contributed by atoms with Crippen LogP contribution in [-0.4, -0.2) is 27.6 Å². The fourth-order valence-corrected chi connectivity index (χ4v) is 2.35. The average Bonchev–Trinajstić information content (AvgIpc) is 2.42. The quantitative estimate of drug-likeness (QED) is 0.796. The zero-order chi connectivity index (χ0) is 15.2. The first-order valence-corrected chi connectivity index (χ1v) is 7.18. The lowest BCUT2D eigenvalue weighted by atomic mass is 9.78. The van der Waals surface area contributed by atoms with E-state index in [0.717, 1.165) is 37.1 Å². The lowest BCUT2D eigenvalue weighted by Gasteiger charge is -2.30. The van der Waals surface area contributed by atoms with Crippen molar-refractivity contribution in [1.29, 1.82) is 0 Å². The summed E-state index contributed by atoms with van der Waals surface area (Å²) in [6.45, 7) is 8.12. The molecule has 1 aromatic rings. The van der Waals surface area contributed by atoms with Crippen molar-refractivity contribution in [3.05, 3.63) is 11.4 Å². The number of aryl methyl sites for hydroxylation is 2. The van der Waals surface area contributed by atoms with Gasteiger partial charge < -0.3 is 5.73 Å². The van der Waals surface area contributed by atoms with Crippen LogP contribution >= 0.6 is 0 Å². The standard InChI is InChI=1S/C14H25N5O/c1-5-7-14(9-15,8-6-2)12(20)17-13-16-10(3)11(4)18-19-13/h5-9,15H2,1-4H3,(H,16,17,19,20). The van der Waals surface area contributed by atoms with Crippen molar-refractivity contribution in [2.45, 2.75) is 53.4 Å². The molecule has 3 N–H and O–H groups in total. The van der Waals surface area contributed by atoms with Gasteiger partial charge in [-0.3, -0.25) is 10.1 Å². The average molecular weight is 279 g/mol. The molecule has 0 saturated carbocycles. The second-order valence-electron chi connectivity index (χ2n) is 5.24. The van der Waals surface area contributed by atoms with Crippen LogP contribution in [0.4, 0.5) is 5.95 Å². The molecule has 0 aromatic carbocycles. The highest BCUT2D eigenvalue weighted by Crippen LogP contribution is 2.30. The Labute approximate surface area is 120 Å². The fraction of sp³-hybridized carbons (Fsp3) is 0.714. The molecule has 1 rings (SSSR count). The number of carbonyl (C=O) groups is 1. The van der Waals surface area contributed by atoms with E-state index in [2.05, 4.69) is 34.3 Å². The number of amides is 1. The number of anilines is 1. The van der Waals surface area contributed by atoms with E-state index in [1.807, 2.05) is 13.8 Å². The number of nitrogens with two attached hydrogens (primary N) is 1. The summed E-state index contributed by atoms with van der Waals surface area (Å²) in [6, 6.07) is 0. The third-order valence-electron chi connectivity index (χ3n) is 3.65. The van der Waals surface area contributed by atoms with E-state index in [9.17, 15) is 4.79 Å². The number of hydrogen-bond acceptors (Lipinski definition) is 5. The van der Waals surface area contributed by atoms with Crippen molar-refractivity contribution < 1.29 is 4.79 Å². The minimum absolute atomic E-state index is 0.103. The monoisotopic (exact) mass is 279 g/mol. The molecule has 0 unspecified atom stereocenters. The van der Waals surface area contributed by atoms with Crippen LogP contribution in [0.5, 0.6) is 0 Å². The van der Waals surface area contributed by atoms with Crippen LogP contribution in [0.3, 0.4) is 0 Å². The molecule has 0 fully saturated rings. The van der Waals surface area contributed by atoms with Crippen molar-refractivity contribution in [1.82, 2.24) is 15.2 Å². The highest BCUT2D eigenvalue weighted by Gasteiger charge is 2.35. The maximum absolute atomic E-state index is 12.5. The molecule has 0 spiro atoms. The smallest absolute Gasteiger partial charge is 0.249 e. The molecular formula is C14H25N5O. The molecule has 0 bridgehead atoms. The largest absolute Gasteiger partial charge is 0.329 e. The van der Waals surface area contributed by atoms with E-state index in [0.29, 0.717) is 6.54 Å². The van der Waals surface area contributed by atoms with E-state index in [4.69, 9.17) is 5.73 Å². The molecule has 0 aliphatic carbocycles. The van der Waals surface area contributed by atoms with Crippen molar-refractivity contribution >= 4 is 11.9 Å². The molecule has 0 aliphatic heterocycles. The Morgan fingerprint density at radius 3 is 2.20 bits per heavy atom. The molecule has 0 aliphatic rings. The minimum Gasteiger partial charge on any atom is -0.329 e. The first kappa shape index (κ1) is 16.5. The lowest BCUT2D eigenvalue weighted by molar-refractivity contribution is -0.126. The molecule has 6 heteroatoms. The molecule has 20 heavy (non-hydrogen) atoms. The Morgan fingerprint density at radius 2 is 1.75 bits per heavy atom. The van der Waals surface area contributed by atoms with E-state index in [-0.39, 0.29) is 11.9 Å². The van der Waals surface area contributed by atoms with E-state index < -0.39 is 5.41 Å². The van der Waals surface area contributed by atoms with Crippen LogP contribution in [0.2, 0.25) is 0 Å². The molecule has 0 radical (unpaired) electrons. The van der Waals surface area contributed by atoms with Crippen molar-refractivity contribution in [2.24, 2.45) is 11.1 Å². The number of aromatic nitrogens is 3. The number of nitrogens with zero attached hydrogens (tertiary/aromatic N) is 3. The zero-order valence-corrected chi connectivity index (χ0v) is 12.9. The molecule has 6 nitrogen and oxygen atoms in total. The molecular weight excluding hydrogens is 254 g/mol. The zero-order valence-electron chi connectivity index (χ0n) is 12.9. The Balaban J connectivity index is 2.92. The second kappa shape index (κ2) is 7.28. The Hall–Kier alpha value is -1.56. The summed E-state index contributed by atoms with van der Waals surface area (Å²) in [6.07, 6.45) is 3.36. The molecule has 0 atom stereocenters. The van der Waals surface area contributed by atoms with Gasteiger partial charge in [-0.15, -0.1) is 5.10 Å². The van der Waals surface area contributed by atoms with Gasteiger partial charge in [0.2, 0.25) is 11.9 Å². The summed E-state index contributed by atoms with van der Waals surface area (Å²) in [5, 5.41) is 10.7. The van der Waals surface area contributed by atoms with Crippen molar-refractivity contribution in [3.8, 4) is 0 Å². The summed E-state index contributed by atoms with van der Waals surface area (Å²) in [7, 11) is 0. The van der Waals surface area contributed by atoms with Gasteiger partial charge in [-0.2, -0.15) is 5.10 Å². The molecule has 1 heterocycles. The highest BCUT2D eigenvalue weighted by molar-refractivity contribution is 5.94. The summed E-state index contributed by atoms with van der Waals surface area (Å²) >= 11 is 0. The van der Waals surface area contributed by atoms with Gasteiger partial charge >= 0.3 is 0 Å². The van der Waals surface area contributed by atoms with Gasteiger partial charge in [0.15, 0.2) is 0 Å². The van der Waals surface area contributed by atoms with Crippen molar-refractivity contribution in [2.75, 3.05) is 11.9 Å². The first-order valence-electron chi connectivity index (χ1n) is 7.18. The van der Waals surface area contributed by atoms with Gasteiger partial charge in [0.25, 0.3) is 0 Å². The SMILES string of the molecule is CCCC(CN)(CCC)C(=O)Nc1nnc(C)c(C)n1. The van der Waals surface area contributed by atoms with Crippen LogP contribution < -0.4 is 11.1 Å². The Bertz CT molecular complexity index is 455. The van der Waals surface area contributed by atoms with Crippen LogP contribution in [-0.2, 0) is 4.79 Å². The molecule has 1 amide bonds. The summed E-state index contributed by atoms with van der Waals surface area (Å²) in [4.78, 5) is 16.8. The Kier molecular flexibility index (Phi) is 6.01.